The van der Waals surface area contributed by atoms with Gasteiger partial charge in [-0.05, 0) is 30.7 Å². The Labute approximate surface area is 415 Å². The van der Waals surface area contributed by atoms with E-state index in [1.165, 1.54) is 43.4 Å². The molecule has 0 aliphatic heterocycles. The first kappa shape index (κ1) is 60.5. The minimum Gasteiger partial charge on any atom is -0.198 e. The van der Waals surface area contributed by atoms with E-state index in [0.29, 0.717) is 0 Å². The van der Waals surface area contributed by atoms with E-state index in [4.69, 9.17) is 0 Å². The molecule has 6 rings (SSSR count). The molecule has 0 aliphatic rings. The zero-order chi connectivity index (χ0) is 57.3. The lowest BCUT2D eigenvalue weighted by Gasteiger charge is -2.46. The fraction of sp³-hybridized carbons (Fsp3) is 0.300. The lowest BCUT2D eigenvalue weighted by Crippen LogP contribution is -2.75. The average Bonchev–Trinajstić information content (AvgIpc) is 3.29. The lowest BCUT2D eigenvalue weighted by atomic mass is 9.12. The van der Waals surface area contributed by atoms with Crippen LogP contribution in [0.15, 0.2) is 128 Å². The molecule has 0 bridgehead atoms. The molecule has 0 amide bonds. The molecule has 1 aromatic heterocycles. The molecule has 76 heavy (non-hydrogen) atoms. The minimum atomic E-state index is -6.13. The first-order valence-corrected chi connectivity index (χ1v) is 22.0. The number of halogens is 24. The predicted molar refractivity (Wildman–Crippen MR) is 230 cm³/mol. The highest BCUT2D eigenvalue weighted by atomic mass is 19.4. The van der Waals surface area contributed by atoms with E-state index in [1.807, 2.05) is 0 Å². The van der Waals surface area contributed by atoms with Crippen LogP contribution in [0.1, 0.15) is 88.4 Å². The molecule has 6 aromatic rings. The fourth-order valence-electron chi connectivity index (χ4n) is 8.48. The van der Waals surface area contributed by atoms with Crippen molar-refractivity contribution in [3.05, 3.63) is 183 Å². The van der Waals surface area contributed by atoms with Gasteiger partial charge in [0.1, 0.15) is 6.15 Å². The van der Waals surface area contributed by atoms with Crippen molar-refractivity contribution < 1.29 is 110 Å². The van der Waals surface area contributed by atoms with E-state index >= 15 is 0 Å². The molecule has 0 unspecified atom stereocenters. The largest absolute Gasteiger partial charge is 0.416 e. The van der Waals surface area contributed by atoms with E-state index < -0.39 is 195 Å². The molecule has 0 fully saturated rings. The molecule has 0 saturated carbocycles. The van der Waals surface area contributed by atoms with E-state index in [9.17, 15) is 105 Å². The molecular weight excluding hydrogens is 1080 g/mol. The Hall–Kier alpha value is -6.37. The van der Waals surface area contributed by atoms with Gasteiger partial charge < -0.3 is 0 Å². The van der Waals surface area contributed by atoms with Crippen LogP contribution >= 0.6 is 0 Å². The number of nitrogens with zero attached hydrogens (tertiary/aromatic N) is 1. The van der Waals surface area contributed by atoms with Crippen LogP contribution in [-0.4, -0.2) is 6.15 Å². The molecule has 0 radical (unpaired) electrons. The van der Waals surface area contributed by atoms with Crippen LogP contribution in [0.3, 0.4) is 0 Å². The van der Waals surface area contributed by atoms with Gasteiger partial charge in [-0.25, -0.2) is 0 Å². The monoisotopic (exact) mass is 1120 g/mol. The van der Waals surface area contributed by atoms with Crippen molar-refractivity contribution in [2.75, 3.05) is 0 Å². The van der Waals surface area contributed by atoms with Gasteiger partial charge in [-0.15, -0.1) is 0 Å². The number of hydrogen-bond donors (Lipinski definition) is 0. The van der Waals surface area contributed by atoms with Crippen molar-refractivity contribution in [3.8, 4) is 0 Å². The van der Waals surface area contributed by atoms with Crippen LogP contribution < -0.4 is 26.4 Å². The van der Waals surface area contributed by atoms with Crippen molar-refractivity contribution in [1.29, 1.82) is 0 Å². The SMILES string of the molecule is CCCCCCc1cccc[n+]1Cc1ccccc1.FC(F)(F)c1cc([B-](c2cc(C(F)(F)F)cc(C(F)(F)F)c2)(c2cc(C(F)(F)F)cc(C(F)(F)F)c2)c2cc(C(F)(F)F)cc(C(F)(F)F)c2)cc(C(F)(F)F)c1. The number of alkyl halides is 24. The van der Waals surface area contributed by atoms with Crippen LogP contribution in [0.5, 0.6) is 0 Å². The third-order valence-electron chi connectivity index (χ3n) is 12.0. The van der Waals surface area contributed by atoms with Crippen LogP contribution in [0.4, 0.5) is 105 Å². The zero-order valence-corrected chi connectivity index (χ0v) is 38.5. The van der Waals surface area contributed by atoms with Crippen molar-refractivity contribution in [2.45, 2.75) is 95.0 Å². The molecule has 0 atom stereocenters. The number of unbranched alkanes of at least 4 members (excludes halogenated alkanes) is 3. The maximum atomic E-state index is 14.2. The molecule has 412 valence electrons. The Morgan fingerprint density at radius 3 is 0.868 bits per heavy atom. The smallest absolute Gasteiger partial charge is 0.198 e. The number of aryl methyl sites for hydroxylation is 1. The highest BCUT2D eigenvalue weighted by molar-refractivity contribution is 7.20. The van der Waals surface area contributed by atoms with Gasteiger partial charge >= 0.3 is 49.4 Å². The first-order chi connectivity index (χ1) is 34.7. The van der Waals surface area contributed by atoms with Crippen LogP contribution in [0.2, 0.25) is 0 Å². The van der Waals surface area contributed by atoms with Crippen molar-refractivity contribution in [1.82, 2.24) is 0 Å². The standard InChI is InChI=1S/C32H12BF24.C18H24N/c34-25(35,36)13-1-14(26(37,38)39)6-21(5-13)33(22-7-15(27(40,41)42)2-16(8-22)28(43,44)45,23-9-17(29(46,47)48)3-18(10-23)30(49,50)51)24-11-19(31(52,53)54)4-20(12-24)32(55,56)57;1-2-3-4-8-13-18-14-9-10-15-19(18)16-17-11-6-5-7-12-17/h1-12H;5-7,9-12,14-15H,2-4,8,13,16H2,1H3/q-1;+1. The van der Waals surface area contributed by atoms with Gasteiger partial charge in [-0.1, -0.05) is 111 Å². The molecule has 1 heterocycles. The predicted octanol–water partition coefficient (Wildman–Crippen LogP) is 15.4. The van der Waals surface area contributed by atoms with Gasteiger partial charge in [0.2, 0.25) is 0 Å². The first-order valence-electron chi connectivity index (χ1n) is 22.0. The summed E-state index contributed by atoms with van der Waals surface area (Å²) in [4.78, 5) is 0. The van der Waals surface area contributed by atoms with Gasteiger partial charge in [0, 0.05) is 24.1 Å². The Bertz CT molecular complexity index is 2500. The fourth-order valence-corrected chi connectivity index (χ4v) is 8.48. The highest BCUT2D eigenvalue weighted by Gasteiger charge is 2.47. The average molecular weight is 1120 g/mol. The Morgan fingerprint density at radius 2 is 0.605 bits per heavy atom. The third kappa shape index (κ3) is 14.8. The summed E-state index contributed by atoms with van der Waals surface area (Å²) in [6.45, 7) is 3.24. The third-order valence-corrected chi connectivity index (χ3v) is 12.0. The molecule has 0 saturated heterocycles. The van der Waals surface area contributed by atoms with E-state index in [2.05, 4.69) is 66.2 Å². The molecule has 26 heteroatoms. The normalized spacial score (nSPS) is 13.4. The van der Waals surface area contributed by atoms with Gasteiger partial charge in [-0.2, -0.15) is 132 Å². The van der Waals surface area contributed by atoms with Gasteiger partial charge in [0.05, 0.1) is 44.5 Å². The highest BCUT2D eigenvalue weighted by Crippen LogP contribution is 2.41. The quantitative estimate of drug-likeness (QED) is 0.0527. The molecule has 0 aliphatic carbocycles. The number of aromatic nitrogens is 1. The molecule has 5 aromatic carbocycles. The van der Waals surface area contributed by atoms with Crippen LogP contribution in [0.25, 0.3) is 0 Å². The second-order valence-electron chi connectivity index (χ2n) is 17.3. The molecule has 1 nitrogen and oxygen atoms in total. The summed E-state index contributed by atoms with van der Waals surface area (Å²) in [6, 6.07) is 8.41. The number of pyridine rings is 1. The summed E-state index contributed by atoms with van der Waals surface area (Å²) in [5.41, 5.74) is -27.4. The summed E-state index contributed by atoms with van der Waals surface area (Å²) < 4.78 is 343. The summed E-state index contributed by atoms with van der Waals surface area (Å²) in [5.74, 6) is 0. The van der Waals surface area contributed by atoms with Crippen LogP contribution in [-0.2, 0) is 62.4 Å². The number of benzene rings is 5. The summed E-state index contributed by atoms with van der Waals surface area (Å²) in [7, 11) is 0. The van der Waals surface area contributed by atoms with Gasteiger partial charge in [0.15, 0.2) is 18.4 Å². The summed E-state index contributed by atoms with van der Waals surface area (Å²) >= 11 is 0. The summed E-state index contributed by atoms with van der Waals surface area (Å²) in [5, 5.41) is 0. The number of rotatable bonds is 11. The van der Waals surface area contributed by atoms with Crippen molar-refractivity contribution in [2.24, 2.45) is 0 Å². The molecular formula is C50H36BF24N. The van der Waals surface area contributed by atoms with Gasteiger partial charge in [-0.3, -0.25) is 0 Å². The Kier molecular flexibility index (Phi) is 17.5. The van der Waals surface area contributed by atoms with Crippen LogP contribution in [0, 0.1) is 0 Å². The van der Waals surface area contributed by atoms with E-state index in [-0.39, 0.29) is 0 Å². The Morgan fingerprint density at radius 1 is 0.329 bits per heavy atom. The van der Waals surface area contributed by atoms with E-state index in [1.54, 1.807) is 0 Å². The van der Waals surface area contributed by atoms with E-state index in [0.717, 1.165) is 6.54 Å². The topological polar surface area (TPSA) is 3.88 Å². The summed E-state index contributed by atoms with van der Waals surface area (Å²) in [6.07, 6.45) is -46.1. The lowest BCUT2D eigenvalue weighted by molar-refractivity contribution is -0.695. The zero-order valence-electron chi connectivity index (χ0n) is 38.5. The van der Waals surface area contributed by atoms with Gasteiger partial charge in [0.25, 0.3) is 0 Å². The molecule has 0 spiro atoms. The molecule has 0 N–H and O–H groups in total. The second-order valence-corrected chi connectivity index (χ2v) is 17.3. The van der Waals surface area contributed by atoms with Crippen molar-refractivity contribution >= 4 is 28.0 Å². The second kappa shape index (κ2) is 21.9. The maximum Gasteiger partial charge on any atom is 0.416 e. The maximum absolute atomic E-state index is 14.2. The Balaban J connectivity index is 0.000000468. The van der Waals surface area contributed by atoms with Crippen molar-refractivity contribution in [3.63, 3.8) is 0 Å². The minimum absolute atomic E-state index is 0.691. The number of hydrogen-bond acceptors (Lipinski definition) is 0.